The van der Waals surface area contributed by atoms with Gasteiger partial charge in [-0.3, -0.25) is 4.79 Å². The molecule has 0 spiro atoms. The van der Waals surface area contributed by atoms with E-state index in [1.54, 1.807) is 31.2 Å². The molecule has 1 amide bonds. The highest BCUT2D eigenvalue weighted by Crippen LogP contribution is 2.35. The molecule has 1 heterocycles. The minimum absolute atomic E-state index is 0.201. The Hall–Kier alpha value is -3.92. The third-order valence-electron chi connectivity index (χ3n) is 6.10. The molecule has 6 nitrogen and oxygen atoms in total. The van der Waals surface area contributed by atoms with Crippen molar-refractivity contribution in [3.05, 3.63) is 77.9 Å². The van der Waals surface area contributed by atoms with Crippen molar-refractivity contribution < 1.29 is 27.9 Å². The minimum Gasteiger partial charge on any atom is -0.480 e. The van der Waals surface area contributed by atoms with Crippen LogP contribution in [0.2, 0.25) is 0 Å². The summed E-state index contributed by atoms with van der Waals surface area (Å²) in [7, 11) is 0. The summed E-state index contributed by atoms with van der Waals surface area (Å²) in [6.45, 7) is 3.65. The summed E-state index contributed by atoms with van der Waals surface area (Å²) in [5.41, 5.74) is 2.61. The summed E-state index contributed by atoms with van der Waals surface area (Å²) >= 11 is 1.14. The molecule has 1 aromatic heterocycles. The highest BCUT2D eigenvalue weighted by molar-refractivity contribution is 7.22. The summed E-state index contributed by atoms with van der Waals surface area (Å²) in [5, 5.41) is 15.6. The number of thiazole rings is 1. The van der Waals surface area contributed by atoms with Crippen LogP contribution < -0.4 is 10.6 Å². The Morgan fingerprint density at radius 3 is 2.19 bits per heavy atom. The van der Waals surface area contributed by atoms with E-state index < -0.39 is 29.7 Å². The van der Waals surface area contributed by atoms with E-state index in [2.05, 4.69) is 15.6 Å². The summed E-state index contributed by atoms with van der Waals surface area (Å²) in [5.74, 6) is -1.71. The van der Waals surface area contributed by atoms with E-state index >= 15 is 0 Å². The van der Waals surface area contributed by atoms with Gasteiger partial charge in [0.25, 0.3) is 5.91 Å². The van der Waals surface area contributed by atoms with E-state index in [0.717, 1.165) is 40.3 Å². The maximum absolute atomic E-state index is 13.0. The lowest BCUT2D eigenvalue weighted by Crippen LogP contribution is -2.45. The molecule has 10 heteroatoms. The second-order valence-corrected chi connectivity index (χ2v) is 9.68. The Bertz CT molecular complexity index is 1420. The third kappa shape index (κ3) is 6.08. The number of carboxylic acid groups (broad SMARTS) is 1. The number of alkyl halides is 3. The number of benzene rings is 3. The summed E-state index contributed by atoms with van der Waals surface area (Å²) < 4.78 is 39.3. The van der Waals surface area contributed by atoms with Gasteiger partial charge in [-0.2, -0.15) is 13.2 Å². The van der Waals surface area contributed by atoms with Gasteiger partial charge in [-0.25, -0.2) is 9.78 Å². The number of carbonyl (C=O) groups excluding carboxylic acids is 1. The van der Waals surface area contributed by atoms with Crippen molar-refractivity contribution >= 4 is 44.2 Å². The second kappa shape index (κ2) is 10.6. The fourth-order valence-corrected chi connectivity index (χ4v) is 4.67. The van der Waals surface area contributed by atoms with Crippen LogP contribution in [0.1, 0.15) is 36.2 Å². The Balaban J connectivity index is 1.43. The number of carboxylic acids is 1. The van der Waals surface area contributed by atoms with Crippen LogP contribution in [-0.4, -0.2) is 28.0 Å². The lowest BCUT2D eigenvalue weighted by molar-refractivity contribution is -0.140. The molecule has 1 unspecified atom stereocenters. The van der Waals surface area contributed by atoms with Crippen LogP contribution >= 0.6 is 11.3 Å². The molecule has 0 aliphatic carbocycles. The number of fused-ring (bicyclic) bond motifs is 1. The first-order valence-corrected chi connectivity index (χ1v) is 12.4. The van der Waals surface area contributed by atoms with Gasteiger partial charge in [0.1, 0.15) is 6.04 Å². The third-order valence-corrected chi connectivity index (χ3v) is 7.03. The standard InChI is InChI=1S/C27H24F3N3O3S/c1-3-15(2)23(25(35)36)33-24(34)18-6-4-16(5-7-18)17-8-11-20(12-9-17)31-26-32-21-13-10-19(27(28,29)30)14-22(21)37-26/h4-15,23H,3H2,1-2H3,(H,31,32)(H,33,34)(H,35,36)/t15?,23-/m0/s1. The Kier molecular flexibility index (Phi) is 7.49. The molecule has 4 aromatic rings. The van der Waals surface area contributed by atoms with Crippen LogP contribution in [0.4, 0.5) is 24.0 Å². The van der Waals surface area contributed by atoms with Crippen LogP contribution in [0.15, 0.2) is 66.7 Å². The van der Waals surface area contributed by atoms with E-state index in [1.165, 1.54) is 6.07 Å². The fraction of sp³-hybridized carbons (Fsp3) is 0.222. The predicted octanol–water partition coefficient (Wildman–Crippen LogP) is 6.95. The van der Waals surface area contributed by atoms with Crippen molar-refractivity contribution in [1.29, 1.82) is 0 Å². The first kappa shape index (κ1) is 26.2. The lowest BCUT2D eigenvalue weighted by atomic mass is 9.98. The molecule has 192 valence electrons. The number of anilines is 2. The van der Waals surface area contributed by atoms with Gasteiger partial charge in [0.05, 0.1) is 15.8 Å². The highest BCUT2D eigenvalue weighted by Gasteiger charge is 2.30. The molecule has 2 atom stereocenters. The van der Waals surface area contributed by atoms with Gasteiger partial charge in [0.15, 0.2) is 5.13 Å². The Morgan fingerprint density at radius 2 is 1.62 bits per heavy atom. The van der Waals surface area contributed by atoms with Gasteiger partial charge in [-0.05, 0) is 59.5 Å². The van der Waals surface area contributed by atoms with Gasteiger partial charge < -0.3 is 15.7 Å². The number of hydrogen-bond acceptors (Lipinski definition) is 5. The fourth-order valence-electron chi connectivity index (χ4n) is 3.75. The van der Waals surface area contributed by atoms with E-state index in [9.17, 15) is 27.9 Å². The maximum atomic E-state index is 13.0. The number of amides is 1. The molecular weight excluding hydrogens is 503 g/mol. The van der Waals surface area contributed by atoms with Crippen molar-refractivity contribution in [1.82, 2.24) is 10.3 Å². The van der Waals surface area contributed by atoms with Crippen molar-refractivity contribution in [3.63, 3.8) is 0 Å². The zero-order valence-electron chi connectivity index (χ0n) is 20.0. The molecule has 3 aromatic carbocycles. The largest absolute Gasteiger partial charge is 0.480 e. The number of carbonyl (C=O) groups is 2. The average molecular weight is 528 g/mol. The number of aliphatic carboxylic acids is 1. The molecule has 0 aliphatic rings. The minimum atomic E-state index is -4.40. The van der Waals surface area contributed by atoms with Gasteiger partial charge in [-0.1, -0.05) is 55.9 Å². The molecule has 0 fully saturated rings. The molecular formula is C27H24F3N3O3S. The smallest absolute Gasteiger partial charge is 0.416 e. The first-order valence-electron chi connectivity index (χ1n) is 11.5. The number of hydrogen-bond donors (Lipinski definition) is 3. The zero-order valence-corrected chi connectivity index (χ0v) is 20.8. The summed E-state index contributed by atoms with van der Waals surface area (Å²) in [6, 6.07) is 16.8. The van der Waals surface area contributed by atoms with Crippen LogP contribution in [-0.2, 0) is 11.0 Å². The molecule has 0 saturated carbocycles. The highest BCUT2D eigenvalue weighted by atomic mass is 32.1. The van der Waals surface area contributed by atoms with Crippen LogP contribution in [0, 0.1) is 5.92 Å². The summed E-state index contributed by atoms with van der Waals surface area (Å²) in [4.78, 5) is 28.4. The van der Waals surface area contributed by atoms with Gasteiger partial charge in [-0.15, -0.1) is 0 Å². The number of rotatable bonds is 8. The normalized spacial score (nSPS) is 13.2. The van der Waals surface area contributed by atoms with E-state index in [1.807, 2.05) is 31.2 Å². The molecule has 4 rings (SSSR count). The predicted molar refractivity (Wildman–Crippen MR) is 138 cm³/mol. The van der Waals surface area contributed by atoms with Crippen molar-refractivity contribution in [2.45, 2.75) is 32.5 Å². The average Bonchev–Trinajstić information content (AvgIpc) is 3.28. The quantitative estimate of drug-likeness (QED) is 0.231. The van der Waals surface area contributed by atoms with Crippen LogP contribution in [0.25, 0.3) is 21.3 Å². The monoisotopic (exact) mass is 527 g/mol. The SMILES string of the molecule is CCC(C)[C@H](NC(=O)c1ccc(-c2ccc(Nc3nc4ccc(C(F)(F)F)cc4s3)cc2)cc1)C(=O)O. The van der Waals surface area contributed by atoms with Crippen molar-refractivity contribution in [3.8, 4) is 11.1 Å². The molecule has 3 N–H and O–H groups in total. The molecule has 0 saturated heterocycles. The van der Waals surface area contributed by atoms with Gasteiger partial charge >= 0.3 is 12.1 Å². The first-order chi connectivity index (χ1) is 17.5. The number of nitrogens with zero attached hydrogens (tertiary/aromatic N) is 1. The molecule has 37 heavy (non-hydrogen) atoms. The second-order valence-electron chi connectivity index (χ2n) is 8.65. The number of aromatic nitrogens is 1. The van der Waals surface area contributed by atoms with Crippen molar-refractivity contribution in [2.24, 2.45) is 5.92 Å². The zero-order chi connectivity index (χ0) is 26.7. The van der Waals surface area contributed by atoms with E-state index in [0.29, 0.717) is 27.3 Å². The Labute approximate surface area is 215 Å². The van der Waals surface area contributed by atoms with Crippen LogP contribution in [0.3, 0.4) is 0 Å². The maximum Gasteiger partial charge on any atom is 0.416 e. The summed E-state index contributed by atoms with van der Waals surface area (Å²) in [6.07, 6.45) is -3.78. The van der Waals surface area contributed by atoms with Gasteiger partial charge in [0.2, 0.25) is 0 Å². The molecule has 0 radical (unpaired) electrons. The number of nitrogens with one attached hydrogen (secondary N) is 2. The van der Waals surface area contributed by atoms with Crippen LogP contribution in [0.5, 0.6) is 0 Å². The van der Waals surface area contributed by atoms with Gasteiger partial charge in [0, 0.05) is 11.3 Å². The Morgan fingerprint density at radius 1 is 1.00 bits per heavy atom. The van der Waals surface area contributed by atoms with E-state index in [-0.39, 0.29) is 5.92 Å². The van der Waals surface area contributed by atoms with Crippen molar-refractivity contribution in [2.75, 3.05) is 5.32 Å². The lowest BCUT2D eigenvalue weighted by Gasteiger charge is -2.20. The molecule has 0 bridgehead atoms. The topological polar surface area (TPSA) is 91.3 Å². The van der Waals surface area contributed by atoms with E-state index in [4.69, 9.17) is 0 Å². The number of halogens is 3. The molecule has 0 aliphatic heterocycles.